The summed E-state index contributed by atoms with van der Waals surface area (Å²) in [5.74, 6) is -3.73. The summed E-state index contributed by atoms with van der Waals surface area (Å²) in [5, 5.41) is 3.84. The molecule has 10 nitrogen and oxygen atoms in total. The summed E-state index contributed by atoms with van der Waals surface area (Å²) >= 11 is 0. The number of halogens is 2. The van der Waals surface area contributed by atoms with Crippen molar-refractivity contribution in [2.24, 2.45) is 5.92 Å². The van der Waals surface area contributed by atoms with E-state index in [0.29, 0.717) is 40.8 Å². The summed E-state index contributed by atoms with van der Waals surface area (Å²) in [7, 11) is -3.09. The molecule has 44 heavy (non-hydrogen) atoms. The summed E-state index contributed by atoms with van der Waals surface area (Å²) in [6.07, 6.45) is 1.88. The molecule has 13 heteroatoms. The molecule has 2 aromatic heterocycles. The van der Waals surface area contributed by atoms with Crippen molar-refractivity contribution in [3.63, 3.8) is 0 Å². The van der Waals surface area contributed by atoms with Crippen LogP contribution in [0.25, 0.3) is 11.0 Å². The van der Waals surface area contributed by atoms with Gasteiger partial charge in [-0.2, -0.15) is 0 Å². The van der Waals surface area contributed by atoms with E-state index in [2.05, 4.69) is 20.3 Å². The normalized spacial score (nSPS) is 19.1. The first-order chi connectivity index (χ1) is 20.6. The molecule has 0 aliphatic carbocycles. The van der Waals surface area contributed by atoms with E-state index in [9.17, 15) is 18.0 Å². The third-order valence-electron chi connectivity index (χ3n) is 8.46. The fourth-order valence-electron chi connectivity index (χ4n) is 5.94. The summed E-state index contributed by atoms with van der Waals surface area (Å²) in [5.41, 5.74) is 0.378. The molecule has 0 bridgehead atoms. The third kappa shape index (κ3) is 7.03. The minimum atomic E-state index is -3.10. The van der Waals surface area contributed by atoms with Gasteiger partial charge in [-0.05, 0) is 77.0 Å². The number of aromatic nitrogens is 3. The average molecular weight is 632 g/mol. The molecule has 0 unspecified atom stereocenters. The number of likely N-dealkylation sites (tertiary alicyclic amines) is 1. The van der Waals surface area contributed by atoms with Crippen LogP contribution >= 0.6 is 0 Å². The van der Waals surface area contributed by atoms with Gasteiger partial charge in [0.05, 0.1) is 16.9 Å². The fourth-order valence-corrected chi connectivity index (χ4v) is 7.43. The van der Waals surface area contributed by atoms with Gasteiger partial charge in [-0.15, -0.1) is 0 Å². The smallest absolute Gasteiger partial charge is 0.410 e. The minimum Gasteiger partial charge on any atom is -0.444 e. The van der Waals surface area contributed by atoms with E-state index in [4.69, 9.17) is 4.74 Å². The molecule has 0 radical (unpaired) electrons. The Hall–Kier alpha value is -3.61. The quantitative estimate of drug-likeness (QED) is 0.363. The second-order valence-electron chi connectivity index (χ2n) is 12.8. The van der Waals surface area contributed by atoms with Gasteiger partial charge in [0.1, 0.15) is 33.2 Å². The first-order valence-corrected chi connectivity index (χ1v) is 16.8. The van der Waals surface area contributed by atoms with Gasteiger partial charge < -0.3 is 19.9 Å². The van der Waals surface area contributed by atoms with E-state index >= 15 is 8.78 Å². The first kappa shape index (κ1) is 31.8. The monoisotopic (exact) mass is 631 g/mol. The molecule has 2 fully saturated rings. The third-order valence-corrected chi connectivity index (χ3v) is 10.2. The molecule has 2 N–H and O–H groups in total. The van der Waals surface area contributed by atoms with Gasteiger partial charge in [0.15, 0.2) is 0 Å². The zero-order valence-corrected chi connectivity index (χ0v) is 26.2. The molecule has 2 aliphatic rings. The van der Waals surface area contributed by atoms with E-state index in [1.54, 1.807) is 39.0 Å². The van der Waals surface area contributed by atoms with E-state index in [1.807, 2.05) is 6.92 Å². The average Bonchev–Trinajstić information content (AvgIpc) is 2.96. The van der Waals surface area contributed by atoms with E-state index in [-0.39, 0.29) is 54.5 Å². The van der Waals surface area contributed by atoms with Crippen LogP contribution in [0.1, 0.15) is 82.0 Å². The number of alkyl halides is 2. The van der Waals surface area contributed by atoms with Crippen LogP contribution in [0.15, 0.2) is 41.5 Å². The number of pyridine rings is 1. The number of carbonyl (C=O) groups is 1. The number of amides is 1. The fraction of sp³-hybridized carbons (Fsp3) is 0.548. The van der Waals surface area contributed by atoms with Gasteiger partial charge in [0.25, 0.3) is 11.5 Å². The lowest BCUT2D eigenvalue weighted by atomic mass is 9.85. The molecule has 0 saturated carbocycles. The van der Waals surface area contributed by atoms with E-state index in [1.165, 1.54) is 23.4 Å². The van der Waals surface area contributed by atoms with Crippen LogP contribution in [-0.4, -0.2) is 64.6 Å². The molecule has 2 saturated heterocycles. The first-order valence-electron chi connectivity index (χ1n) is 14.9. The number of hydrogen-bond acceptors (Lipinski definition) is 8. The highest BCUT2D eigenvalue weighted by atomic mass is 32.2. The summed E-state index contributed by atoms with van der Waals surface area (Å²) in [4.78, 5) is 38.1. The molecule has 2 aliphatic heterocycles. The van der Waals surface area contributed by atoms with Crippen molar-refractivity contribution in [2.45, 2.75) is 76.9 Å². The maximum absolute atomic E-state index is 15.8. The number of fused-ring (bicyclic) bond motifs is 1. The lowest BCUT2D eigenvalue weighted by molar-refractivity contribution is -0.0861. The number of H-pyrrole nitrogens is 1. The van der Waals surface area contributed by atoms with Crippen molar-refractivity contribution < 1.29 is 26.7 Å². The van der Waals surface area contributed by atoms with Gasteiger partial charge in [-0.1, -0.05) is 18.2 Å². The van der Waals surface area contributed by atoms with Gasteiger partial charge in [-0.3, -0.25) is 4.79 Å². The van der Waals surface area contributed by atoms with Crippen molar-refractivity contribution in [3.8, 4) is 0 Å². The van der Waals surface area contributed by atoms with Crippen molar-refractivity contribution in [2.75, 3.05) is 29.9 Å². The van der Waals surface area contributed by atoms with Gasteiger partial charge in [0.2, 0.25) is 0 Å². The summed E-state index contributed by atoms with van der Waals surface area (Å²) < 4.78 is 60.8. The predicted molar refractivity (Wildman–Crippen MR) is 164 cm³/mol. The largest absolute Gasteiger partial charge is 0.444 e. The maximum Gasteiger partial charge on any atom is 0.410 e. The highest BCUT2D eigenvalue weighted by Gasteiger charge is 2.44. The number of aromatic amines is 1. The van der Waals surface area contributed by atoms with Crippen molar-refractivity contribution >= 4 is 32.8 Å². The Kier molecular flexibility index (Phi) is 8.71. The number of piperidine rings is 1. The van der Waals surface area contributed by atoms with Crippen molar-refractivity contribution in [3.05, 3.63) is 63.7 Å². The Morgan fingerprint density at radius 2 is 1.77 bits per heavy atom. The number of nitrogens with zero attached hydrogens (tertiary/aromatic N) is 3. The lowest BCUT2D eigenvalue weighted by Crippen LogP contribution is -2.44. The predicted octanol–water partition coefficient (Wildman–Crippen LogP) is 5.52. The number of hydrogen-bond donors (Lipinski definition) is 2. The second kappa shape index (κ2) is 12.1. The number of anilines is 1. The lowest BCUT2D eigenvalue weighted by Gasteiger charge is -2.36. The molecule has 1 aromatic carbocycles. The maximum atomic E-state index is 15.8. The zero-order chi connectivity index (χ0) is 31.9. The van der Waals surface area contributed by atoms with E-state index < -0.39 is 39.4 Å². The van der Waals surface area contributed by atoms with Gasteiger partial charge >= 0.3 is 6.09 Å². The SMILES string of the molecule is C[C@@H](Nc1ncnc2[nH]c(=O)c(C3CCS(=O)(=O)CC3)cc12)c1cccc(C(F)(F)C2CCN(C(=O)OC(C)(C)C)CC2)c1. The topological polar surface area (TPSA) is 134 Å². The van der Waals surface area contributed by atoms with Gasteiger partial charge in [-0.25, -0.2) is 32.0 Å². The molecular weight excluding hydrogens is 592 g/mol. The van der Waals surface area contributed by atoms with Crippen LogP contribution < -0.4 is 10.9 Å². The molecule has 0 spiro atoms. The Morgan fingerprint density at radius 1 is 1.09 bits per heavy atom. The van der Waals surface area contributed by atoms with Gasteiger partial charge in [0, 0.05) is 36.2 Å². The second-order valence-corrected chi connectivity index (χ2v) is 15.1. The molecule has 3 aromatic rings. The van der Waals surface area contributed by atoms with Crippen molar-refractivity contribution in [1.82, 2.24) is 19.9 Å². The highest BCUT2D eigenvalue weighted by molar-refractivity contribution is 7.91. The van der Waals surface area contributed by atoms with Crippen LogP contribution in [0.3, 0.4) is 0 Å². The summed E-state index contributed by atoms with van der Waals surface area (Å²) in [6.45, 7) is 7.56. The van der Waals surface area contributed by atoms with Crippen molar-refractivity contribution in [1.29, 1.82) is 0 Å². The van der Waals surface area contributed by atoms with Crippen LogP contribution in [0.2, 0.25) is 0 Å². The minimum absolute atomic E-state index is 0.0341. The van der Waals surface area contributed by atoms with Crippen LogP contribution in [0.5, 0.6) is 0 Å². The Balaban J connectivity index is 1.32. The molecule has 5 rings (SSSR count). The number of benzene rings is 1. The molecular formula is C31H39F2N5O5S. The Bertz CT molecular complexity index is 1680. The number of nitrogens with one attached hydrogen (secondary N) is 2. The van der Waals surface area contributed by atoms with Crippen LogP contribution in [-0.2, 0) is 20.5 Å². The summed E-state index contributed by atoms with van der Waals surface area (Å²) in [6, 6.07) is 7.58. The number of rotatable bonds is 6. The highest BCUT2D eigenvalue weighted by Crippen LogP contribution is 2.42. The molecule has 1 atom stereocenters. The van der Waals surface area contributed by atoms with E-state index in [0.717, 1.165) is 0 Å². The standard InChI is InChI=1S/C31H39F2N5O5S/c1-19(36-26-25-17-24(20-10-14-44(41,42)15-11-20)28(39)37-27(25)35-18-34-26)21-6-5-7-23(16-21)31(32,33)22-8-12-38(13-9-22)29(40)43-30(2,3)4/h5-7,16-20,22H,8-15H2,1-4H3,(H2,34,35,36,37,39)/t19-/m1/s1. The number of ether oxygens (including phenoxy) is 1. The Morgan fingerprint density at radius 3 is 2.43 bits per heavy atom. The molecule has 238 valence electrons. The Labute approximate surface area is 255 Å². The zero-order valence-electron chi connectivity index (χ0n) is 25.4. The van der Waals surface area contributed by atoms with Crippen LogP contribution in [0.4, 0.5) is 19.4 Å². The molecule has 4 heterocycles. The number of sulfone groups is 1. The number of carbonyl (C=O) groups excluding carboxylic acids is 1. The van der Waals surface area contributed by atoms with Crippen LogP contribution in [0, 0.1) is 5.92 Å². The molecule has 1 amide bonds.